The van der Waals surface area contributed by atoms with E-state index in [2.05, 4.69) is 4.99 Å². The average molecular weight is 436 g/mol. The summed E-state index contributed by atoms with van der Waals surface area (Å²) in [5.74, 6) is 0.299. The van der Waals surface area contributed by atoms with Crippen molar-refractivity contribution in [2.45, 2.75) is 59.3 Å². The Morgan fingerprint density at radius 1 is 0.969 bits per heavy atom. The van der Waals surface area contributed by atoms with Crippen molar-refractivity contribution in [1.82, 2.24) is 4.48 Å². The molecule has 0 fully saturated rings. The van der Waals surface area contributed by atoms with Crippen LogP contribution in [0.2, 0.25) is 0 Å². The molecule has 1 aliphatic heterocycles. The van der Waals surface area contributed by atoms with Crippen molar-refractivity contribution in [3.8, 4) is 5.75 Å². The minimum absolute atomic E-state index is 0.262. The van der Waals surface area contributed by atoms with E-state index in [4.69, 9.17) is 0 Å². The Morgan fingerprint density at radius 2 is 1.56 bits per heavy atom. The van der Waals surface area contributed by atoms with E-state index in [-0.39, 0.29) is 10.8 Å². The van der Waals surface area contributed by atoms with Crippen molar-refractivity contribution < 1.29 is 13.7 Å². The van der Waals surface area contributed by atoms with Crippen molar-refractivity contribution >= 4 is 31.8 Å². The van der Waals surface area contributed by atoms with Gasteiger partial charge in [0, 0.05) is 28.7 Å². The fourth-order valence-corrected chi connectivity index (χ4v) is 3.84. The van der Waals surface area contributed by atoms with Crippen LogP contribution in [0.5, 0.6) is 5.75 Å². The van der Waals surface area contributed by atoms with Crippen LogP contribution in [0, 0.1) is 6.92 Å². The first-order valence-corrected chi connectivity index (χ1v) is 10.8. The van der Waals surface area contributed by atoms with Gasteiger partial charge in [0.1, 0.15) is 5.75 Å². The summed E-state index contributed by atoms with van der Waals surface area (Å²) in [6.07, 6.45) is 10.4. The van der Waals surface area contributed by atoms with E-state index >= 15 is 0 Å². The fraction of sp³-hybridized carbons (Fsp3) is 0.346. The second-order valence-electron chi connectivity index (χ2n) is 10.3. The van der Waals surface area contributed by atoms with Crippen LogP contribution in [0.4, 0.5) is 8.63 Å². The maximum Gasteiger partial charge on any atom is 0.678 e. The third-order valence-corrected chi connectivity index (χ3v) is 5.56. The monoisotopic (exact) mass is 436 g/mol. The smallest absolute Gasteiger partial charge is 0.507 e. The van der Waals surface area contributed by atoms with Crippen molar-refractivity contribution in [2.24, 2.45) is 4.99 Å². The molecule has 1 aromatic heterocycles. The molecule has 6 heteroatoms. The number of allylic oxidation sites excluding steroid dienone is 2. The average Bonchev–Trinajstić information content (AvgIpc) is 3.27. The van der Waals surface area contributed by atoms with Crippen LogP contribution in [0.25, 0.3) is 18.2 Å². The van der Waals surface area contributed by atoms with E-state index in [9.17, 15) is 13.7 Å². The highest BCUT2D eigenvalue weighted by Gasteiger charge is 2.27. The molecule has 0 unspecified atom stereocenters. The number of halogens is 2. The molecule has 1 aromatic carbocycles. The lowest BCUT2D eigenvalue weighted by Crippen LogP contribution is -2.17. The predicted octanol–water partition coefficient (Wildman–Crippen LogP) is 7.02. The van der Waals surface area contributed by atoms with E-state index in [0.29, 0.717) is 22.8 Å². The largest absolute Gasteiger partial charge is 0.678 e. The SMILES string of the molecule is Cc1cc(/C=C/c2cc(C(C)(C)C)c(O)c(C(C)(C)C)c2)n(B(F)F)c1/C=C1/C=CC=N1. The maximum atomic E-state index is 14.0. The number of hydrogen-bond donors (Lipinski definition) is 1. The van der Waals surface area contributed by atoms with E-state index in [1.165, 1.54) is 0 Å². The molecule has 0 saturated heterocycles. The minimum Gasteiger partial charge on any atom is -0.507 e. The molecule has 0 radical (unpaired) electrons. The molecule has 2 heterocycles. The zero-order valence-corrected chi connectivity index (χ0v) is 19.9. The predicted molar refractivity (Wildman–Crippen MR) is 133 cm³/mol. The Kier molecular flexibility index (Phi) is 6.37. The quantitative estimate of drug-likeness (QED) is 0.514. The zero-order valence-electron chi connectivity index (χ0n) is 19.9. The molecular weight excluding hydrogens is 405 g/mol. The number of phenolic OH excluding ortho intramolecular Hbond substituents is 1. The van der Waals surface area contributed by atoms with Crippen LogP contribution in [-0.2, 0) is 10.8 Å². The molecule has 0 amide bonds. The maximum absolute atomic E-state index is 14.0. The standard InChI is InChI=1S/C26H31BF2N2O/c1-17-13-20(31(27(28)29)23(17)16-19-9-8-12-30-19)11-10-18-14-21(25(2,3)4)24(32)22(15-18)26(5,6)7/h8-16,32H,1-7H3/b11-10+,19-16-. The number of aryl methyl sites for hydroxylation is 1. The number of aromatic nitrogens is 1. The normalized spacial score (nSPS) is 15.5. The Bertz CT molecular complexity index is 1090. The van der Waals surface area contributed by atoms with E-state index in [1.54, 1.807) is 36.6 Å². The Hall–Kier alpha value is -2.89. The van der Waals surface area contributed by atoms with E-state index in [1.807, 2.05) is 66.7 Å². The van der Waals surface area contributed by atoms with Gasteiger partial charge in [0.25, 0.3) is 0 Å². The third kappa shape index (κ3) is 4.95. The van der Waals surface area contributed by atoms with Crippen LogP contribution >= 0.6 is 0 Å². The summed E-state index contributed by atoms with van der Waals surface area (Å²) in [6.45, 7) is 14.1. The molecule has 32 heavy (non-hydrogen) atoms. The highest BCUT2D eigenvalue weighted by Crippen LogP contribution is 2.40. The summed E-state index contributed by atoms with van der Waals surface area (Å²) >= 11 is 0. The first kappa shape index (κ1) is 23.8. The van der Waals surface area contributed by atoms with Gasteiger partial charge in [-0.25, -0.2) is 0 Å². The molecule has 3 rings (SSSR count). The van der Waals surface area contributed by atoms with Gasteiger partial charge in [-0.2, -0.15) is 0 Å². The number of aromatic hydroxyl groups is 1. The first-order valence-electron chi connectivity index (χ1n) is 10.8. The second kappa shape index (κ2) is 8.57. The summed E-state index contributed by atoms with van der Waals surface area (Å²) in [7, 11) is -2.68. The number of hydrogen-bond acceptors (Lipinski definition) is 2. The molecule has 168 valence electrons. The van der Waals surface area contributed by atoms with Gasteiger partial charge in [0.2, 0.25) is 0 Å². The van der Waals surface area contributed by atoms with Gasteiger partial charge in [-0.3, -0.25) is 13.6 Å². The summed E-state index contributed by atoms with van der Waals surface area (Å²) in [6, 6.07) is 5.63. The van der Waals surface area contributed by atoms with Gasteiger partial charge < -0.3 is 9.58 Å². The van der Waals surface area contributed by atoms with Crippen LogP contribution < -0.4 is 0 Å². The van der Waals surface area contributed by atoms with Gasteiger partial charge in [-0.15, -0.1) is 0 Å². The molecule has 1 N–H and O–H groups in total. The molecular formula is C26H31BF2N2O. The number of aliphatic imine (C=N–C) groups is 1. The summed E-state index contributed by atoms with van der Waals surface area (Å²) in [5.41, 5.74) is 4.26. The Morgan fingerprint density at radius 3 is 2.03 bits per heavy atom. The van der Waals surface area contributed by atoms with Crippen molar-refractivity contribution in [3.63, 3.8) is 0 Å². The molecule has 2 aromatic rings. The lowest BCUT2D eigenvalue weighted by atomic mass is 9.78. The topological polar surface area (TPSA) is 37.5 Å². The minimum atomic E-state index is -2.68. The molecule has 0 saturated carbocycles. The van der Waals surface area contributed by atoms with Crippen molar-refractivity contribution in [3.05, 3.63) is 69.7 Å². The van der Waals surface area contributed by atoms with E-state index in [0.717, 1.165) is 26.7 Å². The summed E-state index contributed by atoms with van der Waals surface area (Å²) in [4.78, 5) is 4.17. The highest BCUT2D eigenvalue weighted by molar-refractivity contribution is 6.41. The number of nitrogens with zero attached hydrogens (tertiary/aromatic N) is 2. The van der Waals surface area contributed by atoms with Crippen molar-refractivity contribution in [2.75, 3.05) is 0 Å². The molecule has 0 aliphatic carbocycles. The van der Waals surface area contributed by atoms with Gasteiger partial charge in [0.15, 0.2) is 0 Å². The van der Waals surface area contributed by atoms with E-state index < -0.39 is 7.40 Å². The van der Waals surface area contributed by atoms with Crippen LogP contribution in [0.1, 0.15) is 75.2 Å². The first-order chi connectivity index (χ1) is 14.8. The molecule has 1 aliphatic rings. The van der Waals surface area contributed by atoms with Gasteiger partial charge >= 0.3 is 7.40 Å². The van der Waals surface area contributed by atoms with Gasteiger partial charge in [-0.1, -0.05) is 47.6 Å². The number of rotatable bonds is 4. The van der Waals surface area contributed by atoms with Gasteiger partial charge in [-0.05, 0) is 71.4 Å². The molecule has 0 atom stereocenters. The van der Waals surface area contributed by atoms with Crippen LogP contribution in [0.15, 0.2) is 41.0 Å². The second-order valence-corrected chi connectivity index (χ2v) is 10.3. The van der Waals surface area contributed by atoms with Crippen molar-refractivity contribution in [1.29, 1.82) is 0 Å². The summed E-state index contributed by atoms with van der Waals surface area (Å²) < 4.78 is 29.0. The summed E-state index contributed by atoms with van der Waals surface area (Å²) in [5, 5.41) is 10.9. The molecule has 0 bridgehead atoms. The van der Waals surface area contributed by atoms with Gasteiger partial charge in [0.05, 0.1) is 5.70 Å². The lowest BCUT2D eigenvalue weighted by Gasteiger charge is -2.27. The Balaban J connectivity index is 2.11. The number of benzene rings is 1. The molecule has 0 spiro atoms. The number of phenols is 1. The lowest BCUT2D eigenvalue weighted by molar-refractivity contribution is 0.423. The third-order valence-electron chi connectivity index (χ3n) is 5.56. The van der Waals surface area contributed by atoms with Crippen LogP contribution in [-0.4, -0.2) is 23.2 Å². The highest BCUT2D eigenvalue weighted by atomic mass is 19.2. The fourth-order valence-electron chi connectivity index (χ4n) is 3.84. The molecule has 3 nitrogen and oxygen atoms in total. The zero-order chi connectivity index (χ0) is 23.8. The Labute approximate surface area is 190 Å². The van der Waals surface area contributed by atoms with Crippen LogP contribution in [0.3, 0.4) is 0 Å².